The molecule has 0 spiro atoms. The Morgan fingerprint density at radius 1 is 0.929 bits per heavy atom. The van der Waals surface area contributed by atoms with Crippen molar-refractivity contribution in [1.82, 2.24) is 4.31 Å². The van der Waals surface area contributed by atoms with Gasteiger partial charge in [-0.15, -0.1) is 0 Å². The molecule has 0 aromatic heterocycles. The lowest BCUT2D eigenvalue weighted by Crippen LogP contribution is -2.46. The Morgan fingerprint density at radius 3 is 2.26 bits per heavy atom. The van der Waals surface area contributed by atoms with Crippen LogP contribution >= 0.6 is 11.6 Å². The van der Waals surface area contributed by atoms with Crippen molar-refractivity contribution >= 4 is 38.9 Å². The second kappa shape index (κ2) is 12.3. The lowest BCUT2D eigenvalue weighted by atomic mass is 9.85. The molecule has 1 heterocycles. The summed E-state index contributed by atoms with van der Waals surface area (Å²) in [5.74, 6) is -1.41. The highest BCUT2D eigenvalue weighted by Gasteiger charge is 2.44. The number of piperidine rings is 1. The summed E-state index contributed by atoms with van der Waals surface area (Å²) in [5.41, 5.74) is 0.719. The number of rotatable bonds is 7. The summed E-state index contributed by atoms with van der Waals surface area (Å²) in [6, 6.07) is 16.7. The highest BCUT2D eigenvalue weighted by molar-refractivity contribution is 7.89. The first-order valence-corrected chi connectivity index (χ1v) is 15.9. The van der Waals surface area contributed by atoms with Crippen molar-refractivity contribution in [3.63, 3.8) is 0 Å². The molecule has 2 fully saturated rings. The van der Waals surface area contributed by atoms with Gasteiger partial charge in [0.25, 0.3) is 0 Å². The predicted molar refractivity (Wildman–Crippen MR) is 158 cm³/mol. The van der Waals surface area contributed by atoms with Gasteiger partial charge in [0.15, 0.2) is 0 Å². The van der Waals surface area contributed by atoms with Gasteiger partial charge in [0.05, 0.1) is 22.5 Å². The molecule has 1 amide bonds. The van der Waals surface area contributed by atoms with E-state index in [9.17, 15) is 26.4 Å². The number of nitrogens with zero attached hydrogens (tertiary/aromatic N) is 1. The van der Waals surface area contributed by atoms with Gasteiger partial charge in [-0.3, -0.25) is 4.79 Å². The molecule has 2 atom stereocenters. The van der Waals surface area contributed by atoms with Gasteiger partial charge in [-0.2, -0.15) is 17.5 Å². The molecule has 0 radical (unpaired) electrons. The van der Waals surface area contributed by atoms with Crippen molar-refractivity contribution in [2.24, 2.45) is 5.92 Å². The zero-order chi connectivity index (χ0) is 30.1. The fraction of sp³-hybridized carbons (Fsp3) is 0.387. The third-order valence-electron chi connectivity index (χ3n) is 8.13. The van der Waals surface area contributed by atoms with Gasteiger partial charge in [-0.1, -0.05) is 54.8 Å². The summed E-state index contributed by atoms with van der Waals surface area (Å²) in [5, 5.41) is 6.22. The molecule has 42 heavy (non-hydrogen) atoms. The van der Waals surface area contributed by atoms with Gasteiger partial charge in [0.1, 0.15) is 4.90 Å². The topological polar surface area (TPSA) is 78.5 Å². The van der Waals surface area contributed by atoms with Crippen LogP contribution in [0, 0.1) is 12.8 Å². The van der Waals surface area contributed by atoms with E-state index < -0.39 is 39.6 Å². The minimum absolute atomic E-state index is 0.00105. The Balaban J connectivity index is 1.50. The fourth-order valence-corrected chi connectivity index (χ4v) is 8.19. The summed E-state index contributed by atoms with van der Waals surface area (Å²) in [7, 11) is -4.13. The van der Waals surface area contributed by atoms with E-state index >= 15 is 0 Å². The Hall–Kier alpha value is -3.08. The van der Waals surface area contributed by atoms with E-state index in [1.165, 1.54) is 48.3 Å². The molecule has 0 bridgehead atoms. The van der Waals surface area contributed by atoms with Gasteiger partial charge in [-0.25, -0.2) is 8.42 Å². The van der Waals surface area contributed by atoms with Crippen molar-refractivity contribution in [2.45, 2.75) is 68.6 Å². The van der Waals surface area contributed by atoms with Crippen LogP contribution in [0.5, 0.6) is 0 Å². The summed E-state index contributed by atoms with van der Waals surface area (Å²) in [6.07, 6.45) is 0.694. The van der Waals surface area contributed by atoms with Crippen molar-refractivity contribution in [3.8, 4) is 0 Å². The number of aryl methyl sites for hydroxylation is 1. The van der Waals surface area contributed by atoms with Crippen molar-refractivity contribution in [1.29, 1.82) is 0 Å². The minimum atomic E-state index is -4.58. The smallest absolute Gasteiger partial charge is 0.382 e. The Morgan fingerprint density at radius 2 is 1.60 bits per heavy atom. The number of amides is 1. The van der Waals surface area contributed by atoms with Gasteiger partial charge in [0, 0.05) is 24.0 Å². The summed E-state index contributed by atoms with van der Waals surface area (Å²) in [4.78, 5) is 13.7. The Kier molecular flexibility index (Phi) is 8.87. The molecule has 1 unspecified atom stereocenters. The monoisotopic (exact) mass is 619 g/mol. The van der Waals surface area contributed by atoms with Crippen molar-refractivity contribution in [3.05, 3.63) is 88.4 Å². The second-order valence-corrected chi connectivity index (χ2v) is 13.3. The number of hydrogen-bond donors (Lipinski definition) is 2. The van der Waals surface area contributed by atoms with Crippen LogP contribution in [0.15, 0.2) is 71.6 Å². The standard InChI is InChI=1S/C31H33ClF3N3O3S/c1-20-12-15-24(19-26(20)31(33,34)35)37-30(39)25-9-6-18-38(42(40,41)28-11-5-4-10-27(28)32)29(25)21-13-16-23(17-14-21)36-22-7-2-3-8-22/h4-5,10-17,19,22,25,29,36H,2-3,6-9,18H2,1H3,(H,37,39)/t25?,29-/m0/s1. The number of sulfonamides is 1. The first kappa shape index (κ1) is 30.4. The first-order chi connectivity index (χ1) is 19.9. The average Bonchev–Trinajstić information content (AvgIpc) is 3.47. The lowest BCUT2D eigenvalue weighted by molar-refractivity contribution is -0.138. The zero-order valence-corrected chi connectivity index (χ0v) is 24.7. The maximum atomic E-state index is 14.0. The highest BCUT2D eigenvalue weighted by atomic mass is 35.5. The number of alkyl halides is 3. The molecule has 1 saturated heterocycles. The quantitative estimate of drug-likeness (QED) is 0.283. The number of carbonyl (C=O) groups excluding carboxylic acids is 1. The van der Waals surface area contributed by atoms with Crippen LogP contribution in [-0.4, -0.2) is 31.2 Å². The van der Waals surface area contributed by atoms with Crippen LogP contribution in [0.2, 0.25) is 5.02 Å². The predicted octanol–water partition coefficient (Wildman–Crippen LogP) is 7.80. The van der Waals surface area contributed by atoms with Crippen LogP contribution in [0.3, 0.4) is 0 Å². The average molecular weight is 620 g/mol. The molecule has 5 rings (SSSR count). The lowest BCUT2D eigenvalue weighted by Gasteiger charge is -2.40. The van der Waals surface area contributed by atoms with Gasteiger partial charge < -0.3 is 10.6 Å². The van der Waals surface area contributed by atoms with Crippen molar-refractivity contribution in [2.75, 3.05) is 17.2 Å². The normalized spacial score (nSPS) is 20.4. The van der Waals surface area contributed by atoms with E-state index in [4.69, 9.17) is 11.6 Å². The number of halogens is 4. The number of anilines is 2. The van der Waals surface area contributed by atoms with Crippen LogP contribution in [0.25, 0.3) is 0 Å². The van der Waals surface area contributed by atoms with Crippen LogP contribution < -0.4 is 10.6 Å². The molecule has 11 heteroatoms. The highest BCUT2D eigenvalue weighted by Crippen LogP contribution is 2.42. The molecule has 3 aromatic carbocycles. The molecule has 224 valence electrons. The van der Waals surface area contributed by atoms with E-state index in [0.29, 0.717) is 24.4 Å². The summed E-state index contributed by atoms with van der Waals surface area (Å²) >= 11 is 6.31. The van der Waals surface area contributed by atoms with E-state index in [1.54, 1.807) is 12.1 Å². The molecule has 1 aliphatic heterocycles. The number of hydrogen-bond acceptors (Lipinski definition) is 4. The third kappa shape index (κ3) is 6.45. The molecule has 6 nitrogen and oxygen atoms in total. The Labute approximate surface area is 249 Å². The molecule has 2 aliphatic rings. The van der Waals surface area contributed by atoms with Crippen molar-refractivity contribution < 1.29 is 26.4 Å². The maximum Gasteiger partial charge on any atom is 0.416 e. The number of benzene rings is 3. The molecular formula is C31H33ClF3N3O3S. The first-order valence-electron chi connectivity index (χ1n) is 14.1. The van der Waals surface area contributed by atoms with Gasteiger partial charge in [0.2, 0.25) is 15.9 Å². The third-order valence-corrected chi connectivity index (χ3v) is 10.5. The van der Waals surface area contributed by atoms with E-state index in [1.807, 2.05) is 24.3 Å². The van der Waals surface area contributed by atoms with Crippen LogP contribution in [-0.2, 0) is 21.0 Å². The maximum absolute atomic E-state index is 14.0. The number of nitrogens with one attached hydrogen (secondary N) is 2. The van der Waals surface area contributed by atoms with Crippen LogP contribution in [0.4, 0.5) is 24.5 Å². The minimum Gasteiger partial charge on any atom is -0.382 e. The molecule has 2 N–H and O–H groups in total. The van der Waals surface area contributed by atoms with E-state index in [-0.39, 0.29) is 27.7 Å². The second-order valence-electron chi connectivity index (χ2n) is 11.0. The SMILES string of the molecule is Cc1ccc(NC(=O)C2CCCN(S(=O)(=O)c3ccccc3Cl)[C@H]2c2ccc(NC3CCCC3)cc2)cc1C(F)(F)F. The summed E-state index contributed by atoms with van der Waals surface area (Å²) < 4.78 is 69.9. The van der Waals surface area contributed by atoms with Gasteiger partial charge >= 0.3 is 6.18 Å². The molecule has 3 aromatic rings. The Bertz CT molecular complexity index is 1540. The molecular weight excluding hydrogens is 587 g/mol. The van der Waals surface area contributed by atoms with E-state index in [2.05, 4.69) is 10.6 Å². The zero-order valence-electron chi connectivity index (χ0n) is 23.1. The largest absolute Gasteiger partial charge is 0.416 e. The van der Waals surface area contributed by atoms with Crippen LogP contribution in [0.1, 0.15) is 61.3 Å². The van der Waals surface area contributed by atoms with E-state index in [0.717, 1.165) is 24.6 Å². The molecule has 1 aliphatic carbocycles. The molecule has 1 saturated carbocycles. The van der Waals surface area contributed by atoms with Gasteiger partial charge in [-0.05, 0) is 80.1 Å². The summed E-state index contributed by atoms with van der Waals surface area (Å²) in [6.45, 7) is 1.51. The number of carbonyl (C=O) groups is 1. The fourth-order valence-electron chi connectivity index (χ4n) is 6.01.